The number of aliphatic imine (C=N–C) groups is 4. The summed E-state index contributed by atoms with van der Waals surface area (Å²) in [4.78, 5) is 52.9. The fourth-order valence-corrected chi connectivity index (χ4v) is 7.54. The Hall–Kier alpha value is -8.36. The number of ether oxygens (including phenoxy) is 8. The smallest absolute Gasteiger partial charge is 0.870 e. The van der Waals surface area contributed by atoms with Gasteiger partial charge in [0.1, 0.15) is 46.0 Å². The molecule has 0 atom stereocenters. The number of carboxylic acid groups (broad SMARTS) is 2. The minimum absolute atomic E-state index is 0. The van der Waals surface area contributed by atoms with Crippen LogP contribution in [-0.4, -0.2) is 128 Å². The van der Waals surface area contributed by atoms with Crippen LogP contribution in [0.25, 0.3) is 0 Å². The Kier molecular flexibility index (Phi) is 66.3. The summed E-state index contributed by atoms with van der Waals surface area (Å²) in [5, 5.41) is 159. The number of nitrogens with zero attached hydrogens (tertiary/aromatic N) is 6. The Morgan fingerprint density at radius 3 is 0.553 bits per heavy atom. The fraction of sp³-hybridized carbons (Fsp3) is 0.289. The van der Waals surface area contributed by atoms with Gasteiger partial charge in [-0.05, 0) is 93.0 Å². The molecule has 0 heterocycles. The third-order valence-electron chi connectivity index (χ3n) is 13.2. The number of carboxylic acids is 2. The number of hydrogen-bond donors (Lipinski definition) is 2. The zero-order valence-corrected chi connectivity index (χ0v) is 73.1. The van der Waals surface area contributed by atoms with Gasteiger partial charge in [-0.25, -0.2) is 0 Å². The van der Waals surface area contributed by atoms with E-state index in [-0.39, 0.29) is 273 Å². The number of aliphatic hydroxyl groups is 2. The molecule has 0 spiro atoms. The van der Waals surface area contributed by atoms with Gasteiger partial charge >= 0.3 is 154 Å². The van der Waals surface area contributed by atoms with Crippen LogP contribution in [0.2, 0.25) is 0 Å². The second-order valence-corrected chi connectivity index (χ2v) is 22.7. The molecule has 0 saturated heterocycles. The summed E-state index contributed by atoms with van der Waals surface area (Å²) in [5.41, 5.74) is 2.35. The molecule has 2 N–H and O–H groups in total. The van der Waals surface area contributed by atoms with E-state index in [0.29, 0.717) is 44.5 Å². The SMILES string of the molecule is CC(C)(C)C(=O)[O-].CC(C)(C)C(=O)[O-].CO.CO.COc1cccc(C=NCc2cccc(OC)c2[O-])c1[O-].COc1cccc(C=NCc2cccc(OC)c2[O-])c1[O-].COc1cccc(C=NCc2cccc(OC)c2[O-])c1[O-].COc1cccc(C=NCc2cccc(OC)c2[O-])c1[O-].O=[N+]([O-])[O-].O=[N+]([O-])[O-].[Tb+3].[Tb+3].[Tb+3].[Tb+3]. The minimum atomic E-state index is -1.75. The number of para-hydroxylation sites is 8. The molecule has 114 heavy (non-hydrogen) atoms. The number of carbonyl (C=O) groups is 2. The average Bonchev–Trinajstić information content (AvgIpc) is 0.895. The normalized spacial score (nSPS) is 9.84. The number of aliphatic hydroxyl groups excluding tert-OH is 2. The van der Waals surface area contributed by atoms with E-state index in [1.165, 1.54) is 81.7 Å². The molecule has 624 valence electrons. The van der Waals surface area contributed by atoms with E-state index in [2.05, 4.69) is 20.0 Å². The van der Waals surface area contributed by atoms with Crippen LogP contribution in [0, 0.1) is 196 Å². The molecule has 0 unspecified atom stereocenters. The Balaban J connectivity index is -0.000000305. The number of rotatable bonds is 20. The molecule has 0 aliphatic rings. The zero-order chi connectivity index (χ0) is 84.3. The Morgan fingerprint density at radius 2 is 0.430 bits per heavy atom. The van der Waals surface area contributed by atoms with Crippen LogP contribution in [0.1, 0.15) is 86.1 Å². The fourth-order valence-electron chi connectivity index (χ4n) is 7.54. The minimum Gasteiger partial charge on any atom is -0.870 e. The maximum Gasteiger partial charge on any atom is 3.00 e. The molecule has 38 heteroatoms. The third kappa shape index (κ3) is 45.1. The van der Waals surface area contributed by atoms with Crippen LogP contribution >= 0.6 is 0 Å². The van der Waals surface area contributed by atoms with Crippen LogP contribution < -0.4 is 89.0 Å². The molecule has 0 aromatic heterocycles. The maximum atomic E-state index is 11.9. The second-order valence-electron chi connectivity index (χ2n) is 22.7. The van der Waals surface area contributed by atoms with Crippen LogP contribution in [0.3, 0.4) is 0 Å². The average molecular weight is 2170 g/mol. The van der Waals surface area contributed by atoms with Crippen molar-refractivity contribution in [1.82, 2.24) is 0 Å². The first-order valence-electron chi connectivity index (χ1n) is 31.7. The second kappa shape index (κ2) is 64.9. The van der Waals surface area contributed by atoms with E-state index in [1.807, 2.05) is 0 Å². The molecule has 0 bridgehead atoms. The van der Waals surface area contributed by atoms with Crippen molar-refractivity contribution in [2.45, 2.75) is 67.7 Å². The van der Waals surface area contributed by atoms with Crippen molar-refractivity contribution in [3.8, 4) is 92.0 Å². The van der Waals surface area contributed by atoms with Gasteiger partial charge < -0.3 is 139 Å². The molecule has 0 radical (unpaired) electrons. The summed E-state index contributed by atoms with van der Waals surface area (Å²) in [5.74, 6) is -1.46. The Bertz CT molecular complexity index is 3730. The van der Waals surface area contributed by atoms with Crippen LogP contribution in [0.15, 0.2) is 166 Å². The Labute approximate surface area is 783 Å². The van der Waals surface area contributed by atoms with Gasteiger partial charge in [-0.15, -0.1) is 0 Å². The summed E-state index contributed by atoms with van der Waals surface area (Å²) in [6.07, 6.45) is 5.79. The number of methoxy groups -OCH3 is 8. The van der Waals surface area contributed by atoms with Crippen LogP contribution in [0.4, 0.5) is 0 Å². The predicted octanol–water partition coefficient (Wildman–Crippen LogP) is 4.18. The Morgan fingerprint density at radius 1 is 0.307 bits per heavy atom. The molecule has 0 saturated carbocycles. The first-order chi connectivity index (χ1) is 52.0. The predicted molar refractivity (Wildman–Crippen MR) is 391 cm³/mol. The van der Waals surface area contributed by atoms with Gasteiger partial charge in [0, 0.05) is 61.8 Å². The first kappa shape index (κ1) is 117. The van der Waals surface area contributed by atoms with Crippen molar-refractivity contribution >= 4 is 36.8 Å². The maximum absolute atomic E-state index is 11.9. The van der Waals surface area contributed by atoms with Gasteiger partial charge in [0.25, 0.3) is 0 Å². The number of benzene rings is 8. The molecule has 8 aromatic rings. The van der Waals surface area contributed by atoms with Crippen LogP contribution in [-0.2, 0) is 35.8 Å². The quantitative estimate of drug-likeness (QED) is 0.0613. The largest absolute Gasteiger partial charge is 3.00 e. The molecule has 8 aromatic carbocycles. The third-order valence-corrected chi connectivity index (χ3v) is 13.2. The zero-order valence-electron chi connectivity index (χ0n) is 64.5. The van der Waals surface area contributed by atoms with Gasteiger partial charge in [0.2, 0.25) is 0 Å². The number of carbonyl (C=O) groups excluding carboxylic acids is 2. The van der Waals surface area contributed by atoms with E-state index >= 15 is 0 Å². The molecule has 8 rings (SSSR count). The van der Waals surface area contributed by atoms with Crippen molar-refractivity contribution < 1.29 is 273 Å². The van der Waals surface area contributed by atoms with E-state index in [0.717, 1.165) is 14.2 Å². The monoisotopic (exact) mass is 2170 g/mol. The first-order valence-corrected chi connectivity index (χ1v) is 31.7. The molecular weight excluding hydrogens is 2080 g/mol. The summed E-state index contributed by atoms with van der Waals surface area (Å²) < 4.78 is 39.7. The van der Waals surface area contributed by atoms with Gasteiger partial charge in [-0.2, -0.15) is 0 Å². The van der Waals surface area contributed by atoms with E-state index in [4.69, 9.17) is 78.8 Å². The topological polar surface area (TPSA) is 561 Å². The summed E-state index contributed by atoms with van der Waals surface area (Å²) in [6, 6.07) is 39.9. The molecule has 0 aliphatic carbocycles. The van der Waals surface area contributed by atoms with Gasteiger partial charge in [0.15, 0.2) is 0 Å². The molecule has 0 fully saturated rings. The summed E-state index contributed by atoms with van der Waals surface area (Å²) in [6.45, 7) is 10.3. The van der Waals surface area contributed by atoms with Crippen molar-refractivity contribution in [1.29, 1.82) is 0 Å². The molecular formula is C76H86N6O28Tb4. The van der Waals surface area contributed by atoms with Crippen molar-refractivity contribution in [3.63, 3.8) is 0 Å². The van der Waals surface area contributed by atoms with E-state index in [1.54, 1.807) is 187 Å². The van der Waals surface area contributed by atoms with Gasteiger partial charge in [-0.1, -0.05) is 185 Å². The van der Waals surface area contributed by atoms with E-state index < -0.39 is 32.9 Å². The van der Waals surface area contributed by atoms with Crippen LogP contribution in [0.5, 0.6) is 92.0 Å². The molecule has 34 nitrogen and oxygen atoms in total. The molecule has 0 amide bonds. The number of aliphatic carboxylic acids is 2. The van der Waals surface area contributed by atoms with Crippen molar-refractivity contribution in [2.75, 3.05) is 71.1 Å². The van der Waals surface area contributed by atoms with E-state index in [9.17, 15) is 60.7 Å². The standard InChI is InChI=1S/4C16H17NO4.2C5H10O2.2CH4O.2NO3.4Tb/c4*1-20-13-7-3-5-11(15(13)18)9-17-10-12-6-4-8-14(21-2)16(12)19;2*1-5(2,3)4(6)7;2*1-2;2*2-1(3)4;;;;/h4*3-9,18-19H,10H2,1-2H3;2*1-3H3,(H,6,7);2*2H,1H3;;;;;;/q;;;;;;;;2*-1;4*+3/p-10. The van der Waals surface area contributed by atoms with Crippen molar-refractivity contribution in [3.05, 3.63) is 221 Å². The molecule has 0 aliphatic heterocycles. The van der Waals surface area contributed by atoms with Gasteiger partial charge in [0.05, 0.1) is 93.2 Å². The number of hydrogen-bond acceptors (Lipinski definition) is 32. The summed E-state index contributed by atoms with van der Waals surface area (Å²) in [7, 11) is 13.6. The van der Waals surface area contributed by atoms with Crippen molar-refractivity contribution in [2.24, 2.45) is 30.8 Å². The van der Waals surface area contributed by atoms with Gasteiger partial charge in [-0.3, -0.25) is 20.0 Å². The summed E-state index contributed by atoms with van der Waals surface area (Å²) >= 11 is 0.